The van der Waals surface area contributed by atoms with Crippen LogP contribution >= 0.6 is 0 Å². The van der Waals surface area contributed by atoms with Crippen LogP contribution in [0.5, 0.6) is 0 Å². The van der Waals surface area contributed by atoms with E-state index < -0.39 is 0 Å². The third-order valence-electron chi connectivity index (χ3n) is 5.95. The zero-order valence-corrected chi connectivity index (χ0v) is 13.3. The van der Waals surface area contributed by atoms with Crippen LogP contribution in [0.25, 0.3) is 0 Å². The molecule has 3 atom stereocenters. The first-order valence-corrected chi connectivity index (χ1v) is 8.60. The van der Waals surface area contributed by atoms with Gasteiger partial charge in [0.25, 0.3) is 0 Å². The summed E-state index contributed by atoms with van der Waals surface area (Å²) in [5.74, 6) is 1.52. The molecule has 0 radical (unpaired) electrons. The van der Waals surface area contributed by atoms with Crippen molar-refractivity contribution < 1.29 is 4.79 Å². The molecule has 3 heteroatoms. The molecule has 3 nitrogen and oxygen atoms in total. The fraction of sp³-hybridized carbons (Fsp3) is 0.941. The molecule has 0 spiro atoms. The fourth-order valence-corrected chi connectivity index (χ4v) is 3.93. The Morgan fingerprint density at radius 2 is 2.00 bits per heavy atom. The van der Waals surface area contributed by atoms with E-state index in [2.05, 4.69) is 31.0 Å². The zero-order chi connectivity index (χ0) is 14.3. The van der Waals surface area contributed by atoms with E-state index in [0.717, 1.165) is 13.0 Å². The van der Waals surface area contributed by atoms with Crippen LogP contribution in [0.3, 0.4) is 0 Å². The van der Waals surface area contributed by atoms with E-state index in [4.69, 9.17) is 0 Å². The van der Waals surface area contributed by atoms with Crippen molar-refractivity contribution in [2.45, 2.75) is 77.9 Å². The van der Waals surface area contributed by atoms with Gasteiger partial charge in [-0.25, -0.2) is 0 Å². The maximum absolute atomic E-state index is 12.8. The van der Waals surface area contributed by atoms with Gasteiger partial charge in [-0.15, -0.1) is 0 Å². The second-order valence-electron chi connectivity index (χ2n) is 7.80. The van der Waals surface area contributed by atoms with Gasteiger partial charge in [-0.2, -0.15) is 0 Å². The van der Waals surface area contributed by atoms with Crippen LogP contribution in [0, 0.1) is 17.3 Å². The van der Waals surface area contributed by atoms with Crippen LogP contribution in [0.4, 0.5) is 0 Å². The number of nitrogens with one attached hydrogen (secondary N) is 1. The van der Waals surface area contributed by atoms with Gasteiger partial charge in [-0.1, -0.05) is 40.0 Å². The summed E-state index contributed by atoms with van der Waals surface area (Å²) in [4.78, 5) is 15.1. The molecule has 114 valence electrons. The van der Waals surface area contributed by atoms with Crippen molar-refractivity contribution in [1.29, 1.82) is 0 Å². The van der Waals surface area contributed by atoms with Crippen molar-refractivity contribution in [2.24, 2.45) is 17.3 Å². The first-order chi connectivity index (χ1) is 9.54. The normalized spacial score (nSPS) is 34.8. The molecule has 3 aliphatic rings. The first-order valence-electron chi connectivity index (χ1n) is 8.60. The van der Waals surface area contributed by atoms with E-state index in [1.165, 1.54) is 38.5 Å². The summed E-state index contributed by atoms with van der Waals surface area (Å²) in [5.41, 5.74) is 0.415. The monoisotopic (exact) mass is 278 g/mol. The molecule has 1 amide bonds. The summed E-state index contributed by atoms with van der Waals surface area (Å²) in [6.45, 7) is 7.72. The Labute approximate surface area is 123 Å². The summed E-state index contributed by atoms with van der Waals surface area (Å²) in [7, 11) is 0. The summed E-state index contributed by atoms with van der Waals surface area (Å²) >= 11 is 0. The predicted octanol–water partition coefficient (Wildman–Crippen LogP) is 3.15. The molecule has 1 aliphatic heterocycles. The minimum atomic E-state index is 0.0629. The lowest BCUT2D eigenvalue weighted by atomic mass is 9.99. The molecule has 2 aliphatic carbocycles. The van der Waals surface area contributed by atoms with Gasteiger partial charge < -0.3 is 4.90 Å². The molecule has 3 unspecified atom stereocenters. The Morgan fingerprint density at radius 3 is 2.55 bits per heavy atom. The molecular weight excluding hydrogens is 248 g/mol. The Balaban J connectivity index is 1.76. The van der Waals surface area contributed by atoms with E-state index in [-0.39, 0.29) is 6.04 Å². The summed E-state index contributed by atoms with van der Waals surface area (Å²) in [6, 6.07) is 0.0629. The van der Waals surface area contributed by atoms with Crippen LogP contribution in [0.2, 0.25) is 0 Å². The van der Waals surface area contributed by atoms with Crippen molar-refractivity contribution in [2.75, 3.05) is 6.54 Å². The number of hydrogen-bond donors (Lipinski definition) is 1. The van der Waals surface area contributed by atoms with Gasteiger partial charge in [0.05, 0.1) is 12.2 Å². The summed E-state index contributed by atoms with van der Waals surface area (Å²) < 4.78 is 0. The Hall–Kier alpha value is -0.570. The van der Waals surface area contributed by atoms with Crippen molar-refractivity contribution in [1.82, 2.24) is 10.2 Å². The molecule has 1 saturated heterocycles. The van der Waals surface area contributed by atoms with Crippen LogP contribution < -0.4 is 5.32 Å². The molecule has 0 aromatic heterocycles. The minimum absolute atomic E-state index is 0.0629. The molecule has 1 N–H and O–H groups in total. The number of carbonyl (C=O) groups excluding carboxylic acids is 1. The first kappa shape index (κ1) is 14.4. The Bertz CT molecular complexity index is 371. The minimum Gasteiger partial charge on any atom is -0.325 e. The van der Waals surface area contributed by atoms with Gasteiger partial charge in [0.1, 0.15) is 0 Å². The van der Waals surface area contributed by atoms with E-state index in [0.29, 0.717) is 29.3 Å². The molecule has 0 bridgehead atoms. The average Bonchev–Trinajstić information content (AvgIpc) is 2.85. The highest BCUT2D eigenvalue weighted by molar-refractivity contribution is 5.84. The van der Waals surface area contributed by atoms with Crippen molar-refractivity contribution >= 4 is 5.91 Å². The molecule has 1 heterocycles. The van der Waals surface area contributed by atoms with Gasteiger partial charge in [0.2, 0.25) is 5.91 Å². The molecule has 0 aromatic carbocycles. The number of rotatable bonds is 5. The molecular formula is C17H30N2O. The Morgan fingerprint density at radius 1 is 1.35 bits per heavy atom. The number of hydrogen-bond acceptors (Lipinski definition) is 2. The van der Waals surface area contributed by atoms with E-state index in [1.807, 2.05) is 0 Å². The van der Waals surface area contributed by atoms with Gasteiger partial charge >= 0.3 is 0 Å². The van der Waals surface area contributed by atoms with Crippen LogP contribution in [0.15, 0.2) is 0 Å². The van der Waals surface area contributed by atoms with E-state index >= 15 is 0 Å². The molecule has 20 heavy (non-hydrogen) atoms. The highest BCUT2D eigenvalue weighted by Gasteiger charge is 2.49. The summed E-state index contributed by atoms with van der Waals surface area (Å²) in [6.07, 6.45) is 9.26. The highest BCUT2D eigenvalue weighted by atomic mass is 16.2. The zero-order valence-electron chi connectivity index (χ0n) is 13.3. The van der Waals surface area contributed by atoms with Crippen molar-refractivity contribution in [3.8, 4) is 0 Å². The number of amides is 1. The Kier molecular flexibility index (Phi) is 3.83. The lowest BCUT2D eigenvalue weighted by molar-refractivity contribution is -0.132. The quantitative estimate of drug-likeness (QED) is 0.838. The molecule has 2 saturated carbocycles. The second kappa shape index (κ2) is 5.32. The summed E-state index contributed by atoms with van der Waals surface area (Å²) in [5, 5.41) is 3.71. The second-order valence-corrected chi connectivity index (χ2v) is 7.80. The van der Waals surface area contributed by atoms with Gasteiger partial charge in [0, 0.05) is 6.54 Å². The maximum Gasteiger partial charge on any atom is 0.241 e. The third kappa shape index (κ3) is 2.61. The number of nitrogens with zero attached hydrogens (tertiary/aromatic N) is 1. The topological polar surface area (TPSA) is 32.3 Å². The van der Waals surface area contributed by atoms with Crippen molar-refractivity contribution in [3.05, 3.63) is 0 Å². The molecule has 0 aromatic rings. The SMILES string of the molecule is CCC(C)C1NC(C2CCCC2)N(CC2(C)CC2)C1=O. The highest BCUT2D eigenvalue weighted by Crippen LogP contribution is 2.47. The van der Waals surface area contributed by atoms with Gasteiger partial charge in [-0.3, -0.25) is 10.1 Å². The third-order valence-corrected chi connectivity index (χ3v) is 5.95. The van der Waals surface area contributed by atoms with Gasteiger partial charge in [-0.05, 0) is 42.9 Å². The van der Waals surface area contributed by atoms with Crippen LogP contribution in [-0.4, -0.2) is 29.6 Å². The number of carbonyl (C=O) groups is 1. The standard InChI is InChI=1S/C17H30N2O/c1-4-12(2)14-16(20)19(11-17(3)9-10-17)15(18-14)13-7-5-6-8-13/h12-15,18H,4-11H2,1-3H3. The lowest BCUT2D eigenvalue weighted by Crippen LogP contribution is -2.44. The van der Waals surface area contributed by atoms with Crippen LogP contribution in [-0.2, 0) is 4.79 Å². The molecule has 3 rings (SSSR count). The predicted molar refractivity (Wildman–Crippen MR) is 81.2 cm³/mol. The molecule has 3 fully saturated rings. The average molecular weight is 278 g/mol. The van der Waals surface area contributed by atoms with Gasteiger partial charge in [0.15, 0.2) is 0 Å². The van der Waals surface area contributed by atoms with Crippen LogP contribution in [0.1, 0.15) is 65.7 Å². The van der Waals surface area contributed by atoms with E-state index in [1.54, 1.807) is 0 Å². The van der Waals surface area contributed by atoms with Crippen molar-refractivity contribution in [3.63, 3.8) is 0 Å². The lowest BCUT2D eigenvalue weighted by Gasteiger charge is -2.31. The maximum atomic E-state index is 12.8. The fourth-order valence-electron chi connectivity index (χ4n) is 3.93. The smallest absolute Gasteiger partial charge is 0.241 e. The largest absolute Gasteiger partial charge is 0.325 e. The van der Waals surface area contributed by atoms with E-state index in [9.17, 15) is 4.79 Å².